The summed E-state index contributed by atoms with van der Waals surface area (Å²) < 4.78 is 0. The predicted molar refractivity (Wildman–Crippen MR) is 55.1 cm³/mol. The monoisotopic (exact) mass is 190 g/mol. The van der Waals surface area contributed by atoms with Crippen LogP contribution in [0.2, 0.25) is 0 Å². The van der Waals surface area contributed by atoms with Crippen LogP contribution >= 0.6 is 0 Å². The van der Waals surface area contributed by atoms with Gasteiger partial charge in [0.1, 0.15) is 0 Å². The Morgan fingerprint density at radius 2 is 2.14 bits per heavy atom. The molecular weight excluding hydrogens is 176 g/mol. The quantitative estimate of drug-likeness (QED) is 0.406. The van der Waals surface area contributed by atoms with Crippen molar-refractivity contribution in [2.24, 2.45) is 0 Å². The molecule has 0 aliphatic heterocycles. The van der Waals surface area contributed by atoms with Gasteiger partial charge in [0.15, 0.2) is 11.6 Å². The fourth-order valence-corrected chi connectivity index (χ4v) is 1.06. The van der Waals surface area contributed by atoms with Crippen molar-refractivity contribution < 1.29 is 4.79 Å². The molecule has 74 valence electrons. The lowest BCUT2D eigenvalue weighted by atomic mass is 10.1. The maximum atomic E-state index is 11.5. The van der Waals surface area contributed by atoms with E-state index in [2.05, 4.69) is 16.5 Å². The van der Waals surface area contributed by atoms with Gasteiger partial charge in [0.2, 0.25) is 0 Å². The van der Waals surface area contributed by atoms with Crippen molar-refractivity contribution in [1.82, 2.24) is 9.97 Å². The smallest absolute Gasteiger partial charge is 0.200 e. The van der Waals surface area contributed by atoms with Crippen molar-refractivity contribution in [2.45, 2.75) is 26.2 Å². The Hall–Kier alpha value is -1.51. The van der Waals surface area contributed by atoms with E-state index in [9.17, 15) is 4.79 Å². The molecule has 0 spiro atoms. The molecule has 0 aromatic carbocycles. The van der Waals surface area contributed by atoms with Crippen molar-refractivity contribution in [3.63, 3.8) is 0 Å². The van der Waals surface area contributed by atoms with E-state index in [4.69, 9.17) is 0 Å². The standard InChI is InChI=1S/C11H14N2O/c1-3-4-5-6-10(14)11-12-7-9(2)8-13-11/h3,7-8H,1,4-6H2,2H3. The Kier molecular flexibility index (Phi) is 3.98. The molecule has 1 aromatic rings. The van der Waals surface area contributed by atoms with Crippen LogP contribution in [0.1, 0.15) is 35.4 Å². The zero-order valence-electron chi connectivity index (χ0n) is 8.36. The first-order valence-corrected chi connectivity index (χ1v) is 4.67. The van der Waals surface area contributed by atoms with Gasteiger partial charge in [0.25, 0.3) is 0 Å². The molecule has 14 heavy (non-hydrogen) atoms. The zero-order chi connectivity index (χ0) is 10.4. The summed E-state index contributed by atoms with van der Waals surface area (Å²) in [7, 11) is 0. The number of hydrogen-bond donors (Lipinski definition) is 0. The molecule has 1 aromatic heterocycles. The minimum absolute atomic E-state index is 0.00634. The number of hydrogen-bond acceptors (Lipinski definition) is 3. The lowest BCUT2D eigenvalue weighted by Crippen LogP contribution is -2.04. The number of aryl methyl sites for hydroxylation is 1. The third-order valence-electron chi connectivity index (χ3n) is 1.84. The number of aromatic nitrogens is 2. The Balaban J connectivity index is 2.52. The van der Waals surface area contributed by atoms with Gasteiger partial charge in [-0.25, -0.2) is 9.97 Å². The van der Waals surface area contributed by atoms with Crippen molar-refractivity contribution in [3.05, 3.63) is 36.4 Å². The highest BCUT2D eigenvalue weighted by Crippen LogP contribution is 2.02. The molecular formula is C11H14N2O. The van der Waals surface area contributed by atoms with E-state index >= 15 is 0 Å². The molecule has 0 bridgehead atoms. The number of rotatable bonds is 5. The van der Waals surface area contributed by atoms with E-state index < -0.39 is 0 Å². The van der Waals surface area contributed by atoms with Crippen LogP contribution in [-0.4, -0.2) is 15.8 Å². The van der Waals surface area contributed by atoms with Crippen molar-refractivity contribution in [3.8, 4) is 0 Å². The van der Waals surface area contributed by atoms with Gasteiger partial charge in [-0.3, -0.25) is 4.79 Å². The topological polar surface area (TPSA) is 42.9 Å². The molecule has 3 heteroatoms. The number of carbonyl (C=O) groups excluding carboxylic acids is 1. The molecule has 0 fully saturated rings. The fourth-order valence-electron chi connectivity index (χ4n) is 1.06. The van der Waals surface area contributed by atoms with Crippen LogP contribution in [0.5, 0.6) is 0 Å². The second-order valence-electron chi connectivity index (χ2n) is 3.19. The van der Waals surface area contributed by atoms with Crippen molar-refractivity contribution >= 4 is 5.78 Å². The number of Topliss-reactive ketones (excluding diaryl/α,β-unsaturated/α-hetero) is 1. The maximum absolute atomic E-state index is 11.5. The summed E-state index contributed by atoms with van der Waals surface area (Å²) in [5.74, 6) is 0.325. The first-order valence-electron chi connectivity index (χ1n) is 4.67. The highest BCUT2D eigenvalue weighted by Gasteiger charge is 2.07. The first-order chi connectivity index (χ1) is 6.74. The summed E-state index contributed by atoms with van der Waals surface area (Å²) in [5.41, 5.74) is 0.965. The molecule has 0 saturated carbocycles. The normalized spacial score (nSPS) is 9.79. The second-order valence-corrected chi connectivity index (χ2v) is 3.19. The van der Waals surface area contributed by atoms with E-state index in [0.717, 1.165) is 18.4 Å². The molecule has 1 rings (SSSR count). The average Bonchev–Trinajstić information content (AvgIpc) is 2.19. The predicted octanol–water partition coefficient (Wildman–Crippen LogP) is 2.32. The highest BCUT2D eigenvalue weighted by atomic mass is 16.1. The Morgan fingerprint density at radius 3 is 2.71 bits per heavy atom. The third kappa shape index (κ3) is 3.09. The summed E-state index contributed by atoms with van der Waals surface area (Å²) >= 11 is 0. The summed E-state index contributed by atoms with van der Waals surface area (Å²) in [6.45, 7) is 5.49. The van der Waals surface area contributed by atoms with E-state index in [1.165, 1.54) is 0 Å². The van der Waals surface area contributed by atoms with Gasteiger partial charge in [0, 0.05) is 18.8 Å². The molecule has 0 aliphatic carbocycles. The number of unbranched alkanes of at least 4 members (excludes halogenated alkanes) is 1. The van der Waals surface area contributed by atoms with E-state index in [-0.39, 0.29) is 5.78 Å². The van der Waals surface area contributed by atoms with Crippen LogP contribution < -0.4 is 0 Å². The molecule has 0 N–H and O–H groups in total. The van der Waals surface area contributed by atoms with Crippen LogP contribution in [0.3, 0.4) is 0 Å². The number of nitrogens with zero attached hydrogens (tertiary/aromatic N) is 2. The van der Waals surface area contributed by atoms with Crippen LogP contribution in [0.25, 0.3) is 0 Å². The van der Waals surface area contributed by atoms with Gasteiger partial charge in [-0.05, 0) is 25.3 Å². The molecule has 0 amide bonds. The van der Waals surface area contributed by atoms with Gasteiger partial charge in [-0.1, -0.05) is 6.08 Å². The third-order valence-corrected chi connectivity index (χ3v) is 1.84. The molecule has 1 heterocycles. The number of allylic oxidation sites excluding steroid dienone is 1. The summed E-state index contributed by atoms with van der Waals surface area (Å²) in [5, 5.41) is 0. The van der Waals surface area contributed by atoms with Crippen LogP contribution in [0, 0.1) is 6.92 Å². The molecule has 0 unspecified atom stereocenters. The highest BCUT2D eigenvalue weighted by molar-refractivity contribution is 5.92. The van der Waals surface area contributed by atoms with E-state index in [0.29, 0.717) is 12.2 Å². The summed E-state index contributed by atoms with van der Waals surface area (Å²) in [4.78, 5) is 19.4. The first kappa shape index (κ1) is 10.6. The maximum Gasteiger partial charge on any atom is 0.200 e. The van der Waals surface area contributed by atoms with Crippen molar-refractivity contribution in [1.29, 1.82) is 0 Å². The van der Waals surface area contributed by atoms with Gasteiger partial charge in [0.05, 0.1) is 0 Å². The van der Waals surface area contributed by atoms with E-state index in [1.807, 2.05) is 13.0 Å². The molecule has 0 radical (unpaired) electrons. The van der Waals surface area contributed by atoms with Crippen molar-refractivity contribution in [2.75, 3.05) is 0 Å². The SMILES string of the molecule is C=CCCCC(=O)c1ncc(C)cn1. The zero-order valence-corrected chi connectivity index (χ0v) is 8.36. The van der Waals surface area contributed by atoms with Crippen LogP contribution in [0.4, 0.5) is 0 Å². The minimum atomic E-state index is 0.00634. The Bertz CT molecular complexity index is 317. The Labute approximate surface area is 83.9 Å². The number of carbonyl (C=O) groups is 1. The Morgan fingerprint density at radius 1 is 1.50 bits per heavy atom. The average molecular weight is 190 g/mol. The molecule has 0 atom stereocenters. The fraction of sp³-hybridized carbons (Fsp3) is 0.364. The molecule has 3 nitrogen and oxygen atoms in total. The van der Waals surface area contributed by atoms with Gasteiger partial charge in [-0.2, -0.15) is 0 Å². The van der Waals surface area contributed by atoms with Crippen LogP contribution in [0.15, 0.2) is 25.0 Å². The van der Waals surface area contributed by atoms with E-state index in [1.54, 1.807) is 12.4 Å². The van der Waals surface area contributed by atoms with Gasteiger partial charge < -0.3 is 0 Å². The number of ketones is 1. The molecule has 0 saturated heterocycles. The summed E-state index contributed by atoms with van der Waals surface area (Å²) in [6, 6.07) is 0. The van der Waals surface area contributed by atoms with Gasteiger partial charge in [-0.15, -0.1) is 6.58 Å². The molecule has 0 aliphatic rings. The minimum Gasteiger partial charge on any atom is -0.291 e. The summed E-state index contributed by atoms with van der Waals surface area (Å²) in [6.07, 6.45) is 7.30. The lowest BCUT2D eigenvalue weighted by Gasteiger charge is -1.98. The second kappa shape index (κ2) is 5.27. The largest absolute Gasteiger partial charge is 0.291 e. The van der Waals surface area contributed by atoms with Crippen LogP contribution in [-0.2, 0) is 0 Å². The van der Waals surface area contributed by atoms with Gasteiger partial charge >= 0.3 is 0 Å². The lowest BCUT2D eigenvalue weighted by molar-refractivity contribution is 0.0970.